The van der Waals surface area contributed by atoms with E-state index >= 15 is 0 Å². The predicted molar refractivity (Wildman–Crippen MR) is 67.3 cm³/mol. The maximum absolute atomic E-state index is 12.3. The Labute approximate surface area is 105 Å². The number of methoxy groups -OCH3 is 1. The molecule has 0 aromatic heterocycles. The average molecular weight is 246 g/mol. The van der Waals surface area contributed by atoms with Gasteiger partial charge in [-0.2, -0.15) is 0 Å². The van der Waals surface area contributed by atoms with Gasteiger partial charge in [0.1, 0.15) is 12.0 Å². The summed E-state index contributed by atoms with van der Waals surface area (Å²) in [5.41, 5.74) is 0.777. The Morgan fingerprint density at radius 1 is 1.67 bits per heavy atom. The molecule has 1 heterocycles. The maximum Gasteiger partial charge on any atom is 0.257 e. The Bertz CT molecular complexity index is 507. The topological polar surface area (TPSA) is 61.8 Å². The van der Waals surface area contributed by atoms with Gasteiger partial charge in [0.15, 0.2) is 0 Å². The molecule has 18 heavy (non-hydrogen) atoms. The number of phenolic OH excluding ortho intramolecular Hbond substituents is 1. The highest BCUT2D eigenvalue weighted by Gasteiger charge is 2.28. The number of aromatic hydroxyl groups is 1. The van der Waals surface area contributed by atoms with Gasteiger partial charge in [0.2, 0.25) is 0 Å². The van der Waals surface area contributed by atoms with Crippen molar-refractivity contribution in [3.8, 4) is 18.1 Å². The zero-order valence-electron chi connectivity index (χ0n) is 10.0. The molecule has 1 amide bonds. The lowest BCUT2D eigenvalue weighted by molar-refractivity contribution is 0.0618. The lowest BCUT2D eigenvalue weighted by Gasteiger charge is -2.21. The van der Waals surface area contributed by atoms with Gasteiger partial charge in [0, 0.05) is 7.11 Å². The van der Waals surface area contributed by atoms with Crippen molar-refractivity contribution < 1.29 is 14.6 Å². The second-order valence-corrected chi connectivity index (χ2v) is 3.96. The van der Waals surface area contributed by atoms with E-state index in [-0.39, 0.29) is 18.2 Å². The molecule has 0 saturated heterocycles. The number of fused-ring (bicyclic) bond motifs is 1. The third-order valence-corrected chi connectivity index (χ3v) is 2.82. The Morgan fingerprint density at radius 2 is 2.44 bits per heavy atom. The molecule has 0 radical (unpaired) electrons. The van der Waals surface area contributed by atoms with E-state index in [1.54, 1.807) is 12.1 Å². The Kier molecular flexibility index (Phi) is 3.40. The number of amides is 1. The normalized spacial score (nSPS) is 18.6. The van der Waals surface area contributed by atoms with E-state index in [0.29, 0.717) is 17.8 Å². The van der Waals surface area contributed by atoms with Crippen LogP contribution in [0.2, 0.25) is 0 Å². The molecular weight excluding hydrogens is 232 g/mol. The molecule has 2 rings (SSSR count). The lowest BCUT2D eigenvalue weighted by atomic mass is 10.1. The van der Waals surface area contributed by atoms with Gasteiger partial charge in [-0.3, -0.25) is 4.79 Å². The Hall–Kier alpha value is -2.19. The number of nitrogens with zero attached hydrogens (tertiary/aromatic N) is 1. The minimum Gasteiger partial charge on any atom is -0.506 e. The number of ether oxygens (including phenoxy) is 1. The van der Waals surface area contributed by atoms with Crippen LogP contribution in [0.15, 0.2) is 18.2 Å². The number of benzene rings is 1. The molecule has 1 aliphatic rings. The summed E-state index contributed by atoms with van der Waals surface area (Å²) in [5, 5.41) is 12.8. The van der Waals surface area contributed by atoms with Gasteiger partial charge in [-0.1, -0.05) is 12.0 Å². The van der Waals surface area contributed by atoms with Crippen molar-refractivity contribution in [3.05, 3.63) is 23.8 Å². The van der Waals surface area contributed by atoms with Crippen molar-refractivity contribution >= 4 is 11.6 Å². The van der Waals surface area contributed by atoms with E-state index in [1.165, 1.54) is 18.1 Å². The SMILES string of the molecule is C#CCN1C[C@H](OC)Nc2c(O)cccc2C1=O. The summed E-state index contributed by atoms with van der Waals surface area (Å²) in [6.45, 7) is 0.531. The van der Waals surface area contributed by atoms with Gasteiger partial charge in [0.05, 0.1) is 24.3 Å². The Balaban J connectivity index is 2.46. The summed E-state index contributed by atoms with van der Waals surface area (Å²) < 4.78 is 5.22. The van der Waals surface area contributed by atoms with Gasteiger partial charge >= 0.3 is 0 Å². The zero-order chi connectivity index (χ0) is 13.1. The highest BCUT2D eigenvalue weighted by atomic mass is 16.5. The average Bonchev–Trinajstić information content (AvgIpc) is 2.50. The number of nitrogens with one attached hydrogen (secondary N) is 1. The molecular formula is C13H14N2O3. The number of terminal acetylenes is 1. The van der Waals surface area contributed by atoms with E-state index in [1.807, 2.05) is 0 Å². The molecule has 1 aromatic rings. The van der Waals surface area contributed by atoms with Crippen LogP contribution < -0.4 is 5.32 Å². The number of anilines is 1. The highest BCUT2D eigenvalue weighted by Crippen LogP contribution is 2.31. The summed E-state index contributed by atoms with van der Waals surface area (Å²) >= 11 is 0. The van der Waals surface area contributed by atoms with Crippen LogP contribution >= 0.6 is 0 Å². The molecule has 5 nitrogen and oxygen atoms in total. The first-order chi connectivity index (χ1) is 8.67. The van der Waals surface area contributed by atoms with Crippen LogP contribution in [0.1, 0.15) is 10.4 Å². The summed E-state index contributed by atoms with van der Waals surface area (Å²) in [7, 11) is 1.53. The van der Waals surface area contributed by atoms with Crippen molar-refractivity contribution in [3.63, 3.8) is 0 Å². The molecule has 1 atom stereocenters. The standard InChI is InChI=1S/C13H14N2O3/c1-3-7-15-8-11(18-2)14-12-9(13(15)17)5-4-6-10(12)16/h1,4-6,11,14,16H,7-8H2,2H3/t11-/m0/s1. The number of rotatable bonds is 2. The highest BCUT2D eigenvalue weighted by molar-refractivity contribution is 6.01. The summed E-state index contributed by atoms with van der Waals surface area (Å²) in [6.07, 6.45) is 4.85. The number of phenols is 1. The lowest BCUT2D eigenvalue weighted by Crippen LogP contribution is -2.38. The van der Waals surface area contributed by atoms with Crippen molar-refractivity contribution in [2.24, 2.45) is 0 Å². The minimum absolute atomic E-state index is 0.0189. The fourth-order valence-electron chi connectivity index (χ4n) is 1.91. The molecule has 0 spiro atoms. The zero-order valence-corrected chi connectivity index (χ0v) is 10.0. The van der Waals surface area contributed by atoms with E-state index in [9.17, 15) is 9.90 Å². The van der Waals surface area contributed by atoms with Gasteiger partial charge in [-0.25, -0.2) is 0 Å². The van der Waals surface area contributed by atoms with Gasteiger partial charge < -0.3 is 20.1 Å². The van der Waals surface area contributed by atoms with Crippen LogP contribution in [0, 0.1) is 12.3 Å². The first-order valence-corrected chi connectivity index (χ1v) is 5.51. The van der Waals surface area contributed by atoms with E-state index in [2.05, 4.69) is 11.2 Å². The van der Waals surface area contributed by atoms with Gasteiger partial charge in [-0.05, 0) is 12.1 Å². The first-order valence-electron chi connectivity index (χ1n) is 5.51. The monoisotopic (exact) mass is 246 g/mol. The fraction of sp³-hybridized carbons (Fsp3) is 0.308. The molecule has 1 aromatic carbocycles. The molecule has 2 N–H and O–H groups in total. The predicted octanol–water partition coefficient (Wildman–Crippen LogP) is 0.866. The molecule has 0 unspecified atom stereocenters. The van der Waals surface area contributed by atoms with Crippen molar-refractivity contribution in [2.75, 3.05) is 25.5 Å². The fourth-order valence-corrected chi connectivity index (χ4v) is 1.91. The molecule has 5 heteroatoms. The summed E-state index contributed by atoms with van der Waals surface area (Å²) in [6, 6.07) is 4.78. The van der Waals surface area contributed by atoms with Crippen LogP contribution in [-0.2, 0) is 4.74 Å². The number of para-hydroxylation sites is 1. The second-order valence-electron chi connectivity index (χ2n) is 3.96. The molecule has 94 valence electrons. The molecule has 0 fully saturated rings. The molecule has 0 saturated carbocycles. The van der Waals surface area contributed by atoms with Crippen LogP contribution in [0.4, 0.5) is 5.69 Å². The number of carbonyl (C=O) groups excluding carboxylic acids is 1. The molecule has 1 aliphatic heterocycles. The smallest absolute Gasteiger partial charge is 0.257 e. The summed E-state index contributed by atoms with van der Waals surface area (Å²) in [4.78, 5) is 13.8. The van der Waals surface area contributed by atoms with Crippen molar-refractivity contribution in [1.29, 1.82) is 0 Å². The Morgan fingerprint density at radius 3 is 3.11 bits per heavy atom. The quantitative estimate of drug-likeness (QED) is 0.600. The van der Waals surface area contributed by atoms with Crippen LogP contribution in [-0.4, -0.2) is 42.3 Å². The first kappa shape index (κ1) is 12.3. The van der Waals surface area contributed by atoms with Crippen molar-refractivity contribution in [1.82, 2.24) is 4.90 Å². The van der Waals surface area contributed by atoms with E-state index in [4.69, 9.17) is 11.2 Å². The number of hydrogen-bond acceptors (Lipinski definition) is 4. The van der Waals surface area contributed by atoms with Gasteiger partial charge in [-0.15, -0.1) is 6.42 Å². The molecule has 0 bridgehead atoms. The van der Waals surface area contributed by atoms with E-state index < -0.39 is 6.23 Å². The maximum atomic E-state index is 12.3. The number of carbonyl (C=O) groups is 1. The minimum atomic E-state index is -0.406. The largest absolute Gasteiger partial charge is 0.506 e. The van der Waals surface area contributed by atoms with Crippen LogP contribution in [0.5, 0.6) is 5.75 Å². The van der Waals surface area contributed by atoms with Crippen molar-refractivity contribution in [2.45, 2.75) is 6.23 Å². The third kappa shape index (κ3) is 2.11. The van der Waals surface area contributed by atoms with Gasteiger partial charge in [0.25, 0.3) is 5.91 Å². The molecule has 0 aliphatic carbocycles. The second kappa shape index (κ2) is 4.98. The van der Waals surface area contributed by atoms with Crippen LogP contribution in [0.3, 0.4) is 0 Å². The number of hydrogen-bond donors (Lipinski definition) is 2. The summed E-state index contributed by atoms with van der Waals surface area (Å²) in [5.74, 6) is 2.25. The van der Waals surface area contributed by atoms with Crippen LogP contribution in [0.25, 0.3) is 0 Å². The van der Waals surface area contributed by atoms with E-state index in [0.717, 1.165) is 0 Å². The third-order valence-electron chi connectivity index (χ3n) is 2.82.